The summed E-state index contributed by atoms with van der Waals surface area (Å²) in [5.41, 5.74) is 2.89. The van der Waals surface area contributed by atoms with Crippen LogP contribution < -0.4 is 15.0 Å². The van der Waals surface area contributed by atoms with Crippen LogP contribution >= 0.6 is 23.4 Å². The van der Waals surface area contributed by atoms with Crippen molar-refractivity contribution in [2.24, 2.45) is 0 Å². The second-order valence-electron chi connectivity index (χ2n) is 6.72. The minimum absolute atomic E-state index is 0.0449. The molecule has 30 heavy (non-hydrogen) atoms. The number of hydrogen-bond donors (Lipinski definition) is 1. The zero-order chi connectivity index (χ0) is 21.1. The van der Waals surface area contributed by atoms with Gasteiger partial charge in [0.15, 0.2) is 0 Å². The van der Waals surface area contributed by atoms with Gasteiger partial charge in [0, 0.05) is 22.0 Å². The van der Waals surface area contributed by atoms with E-state index in [1.807, 2.05) is 48.5 Å². The van der Waals surface area contributed by atoms with Crippen molar-refractivity contribution < 1.29 is 14.3 Å². The van der Waals surface area contributed by atoms with Crippen LogP contribution in [0.2, 0.25) is 5.02 Å². The molecule has 2 amide bonds. The first-order valence-electron chi connectivity index (χ1n) is 9.30. The number of benzene rings is 3. The summed E-state index contributed by atoms with van der Waals surface area (Å²) in [4.78, 5) is 26.9. The molecule has 0 aliphatic carbocycles. The second-order valence-corrected chi connectivity index (χ2v) is 8.22. The highest BCUT2D eigenvalue weighted by Crippen LogP contribution is 2.42. The van der Waals surface area contributed by atoms with Gasteiger partial charge in [0.05, 0.1) is 12.9 Å². The van der Waals surface area contributed by atoms with Crippen molar-refractivity contribution in [2.75, 3.05) is 23.1 Å². The van der Waals surface area contributed by atoms with Crippen LogP contribution in [0.3, 0.4) is 0 Å². The number of nitrogens with zero attached hydrogens (tertiary/aromatic N) is 1. The van der Waals surface area contributed by atoms with E-state index < -0.39 is 0 Å². The van der Waals surface area contributed by atoms with Crippen LogP contribution in [0.25, 0.3) is 0 Å². The lowest BCUT2D eigenvalue weighted by molar-refractivity contribution is -0.115. The van der Waals surface area contributed by atoms with Gasteiger partial charge in [-0.3, -0.25) is 14.5 Å². The van der Waals surface area contributed by atoms with Crippen LogP contribution in [0.1, 0.15) is 21.3 Å². The lowest BCUT2D eigenvalue weighted by atomic mass is 10.1. The van der Waals surface area contributed by atoms with Crippen molar-refractivity contribution in [3.8, 4) is 5.75 Å². The zero-order valence-electron chi connectivity index (χ0n) is 16.2. The SMILES string of the molecule is COc1ccc(N2C(=O)CS[C@H]2c2cccc(NC(=O)c3cccc(Cl)c3)c2)cc1. The van der Waals surface area contributed by atoms with E-state index in [4.69, 9.17) is 16.3 Å². The Morgan fingerprint density at radius 1 is 1.10 bits per heavy atom. The van der Waals surface area contributed by atoms with Crippen LogP contribution in [0, 0.1) is 0 Å². The fraction of sp³-hybridized carbons (Fsp3) is 0.130. The van der Waals surface area contributed by atoms with Gasteiger partial charge in [0.2, 0.25) is 5.91 Å². The average Bonchev–Trinajstić information content (AvgIpc) is 3.15. The van der Waals surface area contributed by atoms with E-state index in [1.54, 1.807) is 48.0 Å². The Kier molecular flexibility index (Phi) is 5.97. The number of ether oxygens (including phenoxy) is 1. The molecule has 0 unspecified atom stereocenters. The highest BCUT2D eigenvalue weighted by atomic mass is 35.5. The predicted octanol–water partition coefficient (Wildman–Crippen LogP) is 5.38. The third kappa shape index (κ3) is 4.30. The van der Waals surface area contributed by atoms with E-state index in [1.165, 1.54) is 0 Å². The zero-order valence-corrected chi connectivity index (χ0v) is 17.7. The van der Waals surface area contributed by atoms with Crippen LogP contribution in [-0.2, 0) is 4.79 Å². The van der Waals surface area contributed by atoms with Crippen LogP contribution in [0.4, 0.5) is 11.4 Å². The molecule has 1 N–H and O–H groups in total. The van der Waals surface area contributed by atoms with Crippen molar-refractivity contribution >= 4 is 46.6 Å². The number of amides is 2. The van der Waals surface area contributed by atoms with Crippen LogP contribution in [0.5, 0.6) is 5.75 Å². The summed E-state index contributed by atoms with van der Waals surface area (Å²) < 4.78 is 5.21. The summed E-state index contributed by atoms with van der Waals surface area (Å²) in [6, 6.07) is 21.8. The third-order valence-corrected chi connectivity index (χ3v) is 6.18. The Balaban J connectivity index is 1.57. The molecule has 1 atom stereocenters. The Hall–Kier alpha value is -2.96. The summed E-state index contributed by atoms with van der Waals surface area (Å²) in [5.74, 6) is 0.941. The fourth-order valence-electron chi connectivity index (χ4n) is 3.30. The monoisotopic (exact) mass is 438 g/mol. The number of carbonyl (C=O) groups is 2. The molecular weight excluding hydrogens is 420 g/mol. The summed E-state index contributed by atoms with van der Waals surface area (Å²) in [5, 5.41) is 3.24. The maximum atomic E-state index is 12.6. The normalized spacial score (nSPS) is 15.9. The first kappa shape index (κ1) is 20.3. The minimum Gasteiger partial charge on any atom is -0.497 e. The summed E-state index contributed by atoms with van der Waals surface area (Å²) in [6.07, 6.45) is 0. The Labute approximate surface area is 184 Å². The van der Waals surface area contributed by atoms with Crippen LogP contribution in [-0.4, -0.2) is 24.7 Å². The molecule has 0 radical (unpaired) electrons. The molecule has 1 fully saturated rings. The average molecular weight is 439 g/mol. The smallest absolute Gasteiger partial charge is 0.255 e. The number of halogens is 1. The first-order chi connectivity index (χ1) is 14.5. The van der Waals surface area contributed by atoms with E-state index in [0.717, 1.165) is 17.0 Å². The Morgan fingerprint density at radius 2 is 1.87 bits per heavy atom. The maximum absolute atomic E-state index is 12.6. The van der Waals surface area contributed by atoms with Crippen molar-refractivity contribution in [2.45, 2.75) is 5.37 Å². The molecule has 1 aliphatic rings. The minimum atomic E-state index is -0.239. The third-order valence-electron chi connectivity index (χ3n) is 4.73. The highest BCUT2D eigenvalue weighted by Gasteiger charge is 2.34. The van der Waals surface area contributed by atoms with Gasteiger partial charge in [-0.25, -0.2) is 0 Å². The molecule has 152 valence electrons. The molecule has 3 aromatic rings. The van der Waals surface area contributed by atoms with Gasteiger partial charge >= 0.3 is 0 Å². The van der Waals surface area contributed by atoms with Gasteiger partial charge < -0.3 is 10.1 Å². The topological polar surface area (TPSA) is 58.6 Å². The van der Waals surface area contributed by atoms with E-state index in [-0.39, 0.29) is 17.2 Å². The second kappa shape index (κ2) is 8.81. The summed E-state index contributed by atoms with van der Waals surface area (Å²) >= 11 is 7.54. The molecule has 5 nitrogen and oxygen atoms in total. The van der Waals surface area contributed by atoms with Crippen molar-refractivity contribution in [1.29, 1.82) is 0 Å². The van der Waals surface area contributed by atoms with Crippen molar-refractivity contribution in [3.05, 3.63) is 88.9 Å². The Morgan fingerprint density at radius 3 is 2.60 bits per heavy atom. The van der Waals surface area contributed by atoms with Gasteiger partial charge in [-0.15, -0.1) is 11.8 Å². The van der Waals surface area contributed by atoms with E-state index in [9.17, 15) is 9.59 Å². The number of thioether (sulfide) groups is 1. The van der Waals surface area contributed by atoms with Gasteiger partial charge in [-0.2, -0.15) is 0 Å². The van der Waals surface area contributed by atoms with E-state index >= 15 is 0 Å². The van der Waals surface area contributed by atoms with Crippen molar-refractivity contribution in [3.63, 3.8) is 0 Å². The first-order valence-corrected chi connectivity index (χ1v) is 10.7. The number of rotatable bonds is 5. The number of hydrogen-bond acceptors (Lipinski definition) is 4. The van der Waals surface area contributed by atoms with Gasteiger partial charge in [0.25, 0.3) is 5.91 Å². The molecule has 1 saturated heterocycles. The maximum Gasteiger partial charge on any atom is 0.255 e. The standard InChI is InChI=1S/C23H19ClN2O3S/c1-29-20-10-8-19(9-11-20)26-21(27)14-30-23(26)16-5-3-7-18(13-16)25-22(28)15-4-2-6-17(24)12-15/h2-13,23H,14H2,1H3,(H,25,28)/t23-/m0/s1. The predicted molar refractivity (Wildman–Crippen MR) is 122 cm³/mol. The van der Waals surface area contributed by atoms with Gasteiger partial charge in [0.1, 0.15) is 11.1 Å². The van der Waals surface area contributed by atoms with Gasteiger partial charge in [-0.1, -0.05) is 29.8 Å². The molecule has 7 heteroatoms. The molecule has 0 saturated carbocycles. The van der Waals surface area contributed by atoms with Gasteiger partial charge in [-0.05, 0) is 60.2 Å². The lowest BCUT2D eigenvalue weighted by Gasteiger charge is -2.25. The number of nitrogens with one attached hydrogen (secondary N) is 1. The largest absolute Gasteiger partial charge is 0.497 e. The van der Waals surface area contributed by atoms with E-state index in [0.29, 0.717) is 22.0 Å². The number of methoxy groups -OCH3 is 1. The molecule has 0 aromatic heterocycles. The quantitative estimate of drug-likeness (QED) is 0.581. The molecule has 0 bridgehead atoms. The van der Waals surface area contributed by atoms with Crippen molar-refractivity contribution in [1.82, 2.24) is 0 Å². The highest BCUT2D eigenvalue weighted by molar-refractivity contribution is 8.00. The lowest BCUT2D eigenvalue weighted by Crippen LogP contribution is -2.27. The molecule has 1 heterocycles. The van der Waals surface area contributed by atoms with Crippen LogP contribution in [0.15, 0.2) is 72.8 Å². The molecule has 0 spiro atoms. The summed E-state index contributed by atoms with van der Waals surface area (Å²) in [6.45, 7) is 0. The fourth-order valence-corrected chi connectivity index (χ4v) is 4.65. The molecule has 3 aromatic carbocycles. The summed E-state index contributed by atoms with van der Waals surface area (Å²) in [7, 11) is 1.61. The molecule has 1 aliphatic heterocycles. The van der Waals surface area contributed by atoms with E-state index in [2.05, 4.69) is 5.32 Å². The molecule has 4 rings (SSSR count). The molecular formula is C23H19ClN2O3S. The number of carbonyl (C=O) groups excluding carboxylic acids is 2. The number of anilines is 2. The Bertz CT molecular complexity index is 1090.